The highest BCUT2D eigenvalue weighted by Crippen LogP contribution is 2.23. The number of hydrogen-bond acceptors (Lipinski definition) is 3. The molecule has 5 N–H and O–H groups in total. The van der Waals surface area contributed by atoms with E-state index in [2.05, 4.69) is 5.10 Å². The molecular weight excluding hydrogens is 220 g/mol. The summed E-state index contributed by atoms with van der Waals surface area (Å²) in [5.74, 6) is -0.985. The van der Waals surface area contributed by atoms with E-state index >= 15 is 0 Å². The lowest BCUT2D eigenvalue weighted by atomic mass is 10.1. The van der Waals surface area contributed by atoms with Crippen molar-refractivity contribution in [1.82, 2.24) is 5.01 Å². The predicted molar refractivity (Wildman–Crippen MR) is 66.2 cm³/mol. The second-order valence-electron chi connectivity index (χ2n) is 4.56. The van der Waals surface area contributed by atoms with Gasteiger partial charge in [0.15, 0.2) is 0 Å². The van der Waals surface area contributed by atoms with E-state index < -0.39 is 12.0 Å². The standard InChI is InChI=1S/C11H22N4O2/c1-8(10(16)17)15(14-11(12)13)9-6-4-2-3-5-7-9/h8-9H,2-7H2,1H3,(H,16,17)(H4,12,13,14)/t8-/m0/s1. The maximum Gasteiger partial charge on any atom is 0.327 e. The van der Waals surface area contributed by atoms with Gasteiger partial charge in [0.2, 0.25) is 5.96 Å². The lowest BCUT2D eigenvalue weighted by Crippen LogP contribution is -2.44. The second-order valence-corrected chi connectivity index (χ2v) is 4.56. The van der Waals surface area contributed by atoms with Gasteiger partial charge in [-0.1, -0.05) is 25.7 Å². The monoisotopic (exact) mass is 242 g/mol. The molecule has 0 heterocycles. The first-order valence-corrected chi connectivity index (χ1v) is 6.13. The maximum absolute atomic E-state index is 11.1. The van der Waals surface area contributed by atoms with Crippen LogP contribution in [-0.4, -0.2) is 34.1 Å². The number of nitrogens with zero attached hydrogens (tertiary/aromatic N) is 2. The first-order chi connectivity index (χ1) is 8.02. The number of rotatable bonds is 4. The Morgan fingerprint density at radius 2 is 1.82 bits per heavy atom. The third-order valence-corrected chi connectivity index (χ3v) is 3.18. The molecule has 0 unspecified atom stereocenters. The Labute approximate surface area is 102 Å². The van der Waals surface area contributed by atoms with E-state index in [0.717, 1.165) is 25.7 Å². The Balaban J connectivity index is 2.80. The summed E-state index contributed by atoms with van der Waals surface area (Å²) in [7, 11) is 0. The van der Waals surface area contributed by atoms with Gasteiger partial charge in [-0.05, 0) is 19.8 Å². The third-order valence-electron chi connectivity index (χ3n) is 3.18. The normalized spacial score (nSPS) is 19.1. The largest absolute Gasteiger partial charge is 0.480 e. The van der Waals surface area contributed by atoms with Crippen LogP contribution < -0.4 is 11.5 Å². The van der Waals surface area contributed by atoms with Crippen LogP contribution in [0.5, 0.6) is 0 Å². The summed E-state index contributed by atoms with van der Waals surface area (Å²) in [6, 6.07) is -0.564. The molecule has 0 radical (unpaired) electrons. The van der Waals surface area contributed by atoms with E-state index in [1.165, 1.54) is 12.8 Å². The van der Waals surface area contributed by atoms with Gasteiger partial charge < -0.3 is 16.6 Å². The molecule has 0 aliphatic heterocycles. The van der Waals surface area contributed by atoms with Gasteiger partial charge in [-0.15, -0.1) is 5.10 Å². The Morgan fingerprint density at radius 3 is 2.24 bits per heavy atom. The van der Waals surface area contributed by atoms with Crippen molar-refractivity contribution in [2.75, 3.05) is 0 Å². The van der Waals surface area contributed by atoms with Crippen molar-refractivity contribution in [2.24, 2.45) is 16.6 Å². The molecular formula is C11H22N4O2. The molecule has 0 amide bonds. The van der Waals surface area contributed by atoms with E-state index in [4.69, 9.17) is 16.6 Å². The topological polar surface area (TPSA) is 105 Å². The molecule has 1 atom stereocenters. The first-order valence-electron chi connectivity index (χ1n) is 6.13. The van der Waals surface area contributed by atoms with Crippen LogP contribution in [0.2, 0.25) is 0 Å². The molecule has 0 bridgehead atoms. The minimum Gasteiger partial charge on any atom is -0.480 e. The molecule has 1 aliphatic rings. The molecule has 0 aromatic carbocycles. The first kappa shape index (κ1) is 13.6. The fourth-order valence-electron chi connectivity index (χ4n) is 2.25. The summed E-state index contributed by atoms with van der Waals surface area (Å²) >= 11 is 0. The number of hydrogen-bond donors (Lipinski definition) is 3. The summed E-state index contributed by atoms with van der Waals surface area (Å²) in [4.78, 5) is 11.1. The van der Waals surface area contributed by atoms with Gasteiger partial charge in [-0.3, -0.25) is 5.01 Å². The van der Waals surface area contributed by atoms with Crippen molar-refractivity contribution in [1.29, 1.82) is 0 Å². The highest BCUT2D eigenvalue weighted by atomic mass is 16.4. The molecule has 98 valence electrons. The number of aliphatic carboxylic acids is 1. The van der Waals surface area contributed by atoms with Gasteiger partial charge >= 0.3 is 5.97 Å². The maximum atomic E-state index is 11.1. The zero-order chi connectivity index (χ0) is 12.8. The minimum atomic E-state index is -0.903. The van der Waals surface area contributed by atoms with Crippen LogP contribution in [0.4, 0.5) is 0 Å². The van der Waals surface area contributed by atoms with Crippen molar-refractivity contribution >= 4 is 11.9 Å². The van der Waals surface area contributed by atoms with Crippen LogP contribution >= 0.6 is 0 Å². The molecule has 0 spiro atoms. The van der Waals surface area contributed by atoms with Crippen LogP contribution in [0, 0.1) is 0 Å². The molecule has 1 aliphatic carbocycles. The summed E-state index contributed by atoms with van der Waals surface area (Å²) < 4.78 is 0. The SMILES string of the molecule is C[C@@H](C(=O)O)N(N=C(N)N)C1CCCCCC1. The van der Waals surface area contributed by atoms with E-state index in [1.807, 2.05) is 0 Å². The molecule has 17 heavy (non-hydrogen) atoms. The molecule has 1 saturated carbocycles. The molecule has 0 aromatic heterocycles. The molecule has 0 saturated heterocycles. The number of nitrogens with two attached hydrogens (primary N) is 2. The van der Waals surface area contributed by atoms with Gasteiger partial charge in [-0.2, -0.15) is 0 Å². The number of guanidine groups is 1. The van der Waals surface area contributed by atoms with Gasteiger partial charge in [0.1, 0.15) is 6.04 Å². The van der Waals surface area contributed by atoms with Gasteiger partial charge in [0.05, 0.1) is 0 Å². The lowest BCUT2D eigenvalue weighted by molar-refractivity contribution is -0.143. The zero-order valence-corrected chi connectivity index (χ0v) is 10.3. The third kappa shape index (κ3) is 4.13. The number of carboxylic acids is 1. The smallest absolute Gasteiger partial charge is 0.327 e. The quantitative estimate of drug-likeness (QED) is 0.291. The molecule has 1 rings (SSSR count). The number of hydrazone groups is 1. The fraction of sp³-hybridized carbons (Fsp3) is 0.818. The van der Waals surface area contributed by atoms with E-state index in [1.54, 1.807) is 11.9 Å². The van der Waals surface area contributed by atoms with Crippen LogP contribution in [0.1, 0.15) is 45.4 Å². The van der Waals surface area contributed by atoms with Crippen LogP contribution in [0.3, 0.4) is 0 Å². The Morgan fingerprint density at radius 1 is 1.29 bits per heavy atom. The Kier molecular flexibility index (Phi) is 5.06. The fourth-order valence-corrected chi connectivity index (χ4v) is 2.25. The molecule has 6 heteroatoms. The van der Waals surface area contributed by atoms with Crippen molar-refractivity contribution in [3.05, 3.63) is 0 Å². The van der Waals surface area contributed by atoms with E-state index in [9.17, 15) is 4.79 Å². The number of carboxylic acid groups (broad SMARTS) is 1. The van der Waals surface area contributed by atoms with Gasteiger partial charge in [0, 0.05) is 6.04 Å². The number of carbonyl (C=O) groups is 1. The van der Waals surface area contributed by atoms with Crippen molar-refractivity contribution < 1.29 is 9.90 Å². The summed E-state index contributed by atoms with van der Waals surface area (Å²) in [6.07, 6.45) is 6.52. The van der Waals surface area contributed by atoms with E-state index in [0.29, 0.717) is 0 Å². The summed E-state index contributed by atoms with van der Waals surface area (Å²) in [6.45, 7) is 1.61. The molecule has 1 fully saturated rings. The van der Waals surface area contributed by atoms with Gasteiger partial charge in [0.25, 0.3) is 0 Å². The van der Waals surface area contributed by atoms with Gasteiger partial charge in [-0.25, -0.2) is 4.79 Å². The zero-order valence-electron chi connectivity index (χ0n) is 10.3. The molecule has 0 aromatic rings. The van der Waals surface area contributed by atoms with Crippen molar-refractivity contribution in [2.45, 2.75) is 57.5 Å². The average molecular weight is 242 g/mol. The summed E-state index contributed by atoms with van der Waals surface area (Å²) in [5.41, 5.74) is 10.7. The lowest BCUT2D eigenvalue weighted by Gasteiger charge is -2.31. The highest BCUT2D eigenvalue weighted by Gasteiger charge is 2.27. The minimum absolute atomic E-state index is 0.0812. The van der Waals surface area contributed by atoms with Crippen molar-refractivity contribution in [3.8, 4) is 0 Å². The Bertz CT molecular complexity index is 281. The van der Waals surface area contributed by atoms with Crippen LogP contribution in [-0.2, 0) is 4.79 Å². The Hall–Kier alpha value is -1.46. The van der Waals surface area contributed by atoms with Crippen LogP contribution in [0.15, 0.2) is 5.10 Å². The van der Waals surface area contributed by atoms with Crippen LogP contribution in [0.25, 0.3) is 0 Å². The average Bonchev–Trinajstić information content (AvgIpc) is 2.53. The van der Waals surface area contributed by atoms with E-state index in [-0.39, 0.29) is 12.0 Å². The van der Waals surface area contributed by atoms with Crippen molar-refractivity contribution in [3.63, 3.8) is 0 Å². The highest BCUT2D eigenvalue weighted by molar-refractivity contribution is 5.76. The summed E-state index contributed by atoms with van der Waals surface area (Å²) in [5, 5.41) is 14.6. The molecule has 6 nitrogen and oxygen atoms in total. The predicted octanol–water partition coefficient (Wildman–Crippen LogP) is 0.673. The second kappa shape index (κ2) is 6.32.